The van der Waals surface area contributed by atoms with Gasteiger partial charge >= 0.3 is 0 Å². The summed E-state index contributed by atoms with van der Waals surface area (Å²) >= 11 is 0. The molecule has 0 saturated carbocycles. The number of alkyl halides is 2. The minimum atomic E-state index is -2.52. The first kappa shape index (κ1) is 21.5. The molecule has 7 nitrogen and oxygen atoms in total. The number of carbonyl (C=O) groups excluding carboxylic acids is 1. The third kappa shape index (κ3) is 5.11. The molecule has 1 saturated heterocycles. The number of ether oxygens (including phenoxy) is 1. The first-order valence-electron chi connectivity index (χ1n) is 10.6. The Labute approximate surface area is 178 Å². The number of carbonyl (C=O) groups is 1. The number of anilines is 1. The Kier molecular flexibility index (Phi) is 6.62. The van der Waals surface area contributed by atoms with Crippen LogP contribution in [0.4, 0.5) is 19.1 Å². The molecule has 4 rings (SSSR count). The number of aromatic nitrogens is 3. The molecule has 2 aromatic rings. The lowest BCUT2D eigenvalue weighted by molar-refractivity contribution is -0.133. The van der Waals surface area contributed by atoms with Crippen LogP contribution in [-0.4, -0.2) is 57.7 Å². The second-order valence-corrected chi connectivity index (χ2v) is 8.07. The predicted octanol–water partition coefficient (Wildman–Crippen LogP) is 3.51. The van der Waals surface area contributed by atoms with Crippen molar-refractivity contribution in [1.29, 1.82) is 0 Å². The van der Waals surface area contributed by atoms with Crippen LogP contribution in [0.3, 0.4) is 0 Å². The number of hydrogen-bond donors (Lipinski definition) is 1. The van der Waals surface area contributed by atoms with E-state index in [1.807, 2.05) is 4.90 Å². The number of benzene rings is 1. The Balaban J connectivity index is 1.28. The fourth-order valence-corrected chi connectivity index (χ4v) is 4.39. The quantitative estimate of drug-likeness (QED) is 0.672. The Morgan fingerprint density at radius 1 is 1.35 bits per heavy atom. The van der Waals surface area contributed by atoms with Crippen LogP contribution >= 0.6 is 0 Å². The lowest BCUT2D eigenvalue weighted by Gasteiger charge is -2.40. The van der Waals surface area contributed by atoms with Crippen molar-refractivity contribution in [3.63, 3.8) is 0 Å². The zero-order valence-corrected chi connectivity index (χ0v) is 17.1. The van der Waals surface area contributed by atoms with Crippen LogP contribution in [0.25, 0.3) is 0 Å². The molecule has 2 aliphatic rings. The first-order valence-corrected chi connectivity index (χ1v) is 10.6. The summed E-state index contributed by atoms with van der Waals surface area (Å²) in [5.41, 5.74) is 0. The van der Waals surface area contributed by atoms with Gasteiger partial charge in [-0.3, -0.25) is 4.79 Å². The smallest absolute Gasteiger partial charge is 0.260 e. The lowest BCUT2D eigenvalue weighted by atomic mass is 9.86. The van der Waals surface area contributed by atoms with Crippen LogP contribution in [0, 0.1) is 11.7 Å². The first-order chi connectivity index (χ1) is 15.0. The van der Waals surface area contributed by atoms with Gasteiger partial charge in [-0.1, -0.05) is 6.07 Å². The summed E-state index contributed by atoms with van der Waals surface area (Å²) in [4.78, 5) is 18.5. The molecule has 0 aliphatic carbocycles. The summed E-state index contributed by atoms with van der Waals surface area (Å²) in [6.45, 7) is 1.52. The molecular weight excluding hydrogens is 411 g/mol. The Morgan fingerprint density at radius 3 is 3.03 bits per heavy atom. The van der Waals surface area contributed by atoms with Gasteiger partial charge in [0, 0.05) is 31.6 Å². The van der Waals surface area contributed by atoms with Gasteiger partial charge in [0.1, 0.15) is 23.9 Å². The highest BCUT2D eigenvalue weighted by atomic mass is 19.3. The largest absolute Gasteiger partial charge is 0.493 e. The summed E-state index contributed by atoms with van der Waals surface area (Å²) in [5.74, 6) is 0.538. The van der Waals surface area contributed by atoms with Gasteiger partial charge in [-0.15, -0.1) is 0 Å². The van der Waals surface area contributed by atoms with E-state index in [-0.39, 0.29) is 30.1 Å². The van der Waals surface area contributed by atoms with E-state index in [2.05, 4.69) is 15.4 Å². The normalized spacial score (nSPS) is 23.4. The third-order valence-corrected chi connectivity index (χ3v) is 5.97. The van der Waals surface area contributed by atoms with Crippen molar-refractivity contribution in [2.75, 3.05) is 25.0 Å². The number of nitrogens with zero attached hydrogens (tertiary/aromatic N) is 4. The van der Waals surface area contributed by atoms with Crippen molar-refractivity contribution >= 4 is 11.9 Å². The van der Waals surface area contributed by atoms with Crippen LogP contribution in [0.15, 0.2) is 30.6 Å². The van der Waals surface area contributed by atoms with Gasteiger partial charge < -0.3 is 15.0 Å². The number of amides is 1. The lowest BCUT2D eigenvalue weighted by Crippen LogP contribution is -2.48. The fourth-order valence-electron chi connectivity index (χ4n) is 4.39. The van der Waals surface area contributed by atoms with Gasteiger partial charge in [0.15, 0.2) is 0 Å². The highest BCUT2D eigenvalue weighted by Crippen LogP contribution is 2.35. The van der Waals surface area contributed by atoms with Gasteiger partial charge in [0.25, 0.3) is 6.43 Å². The van der Waals surface area contributed by atoms with Crippen molar-refractivity contribution in [2.45, 2.75) is 50.6 Å². The molecule has 31 heavy (non-hydrogen) atoms. The van der Waals surface area contributed by atoms with Gasteiger partial charge in [-0.05, 0) is 43.7 Å². The Hall–Kier alpha value is -2.78. The molecule has 0 bridgehead atoms. The van der Waals surface area contributed by atoms with Gasteiger partial charge in [-0.2, -0.15) is 10.1 Å². The molecule has 3 atom stereocenters. The zero-order valence-electron chi connectivity index (χ0n) is 17.1. The molecule has 1 unspecified atom stereocenters. The monoisotopic (exact) mass is 437 g/mol. The van der Waals surface area contributed by atoms with Crippen LogP contribution < -0.4 is 10.1 Å². The molecular formula is C21H26F3N5O2. The molecule has 10 heteroatoms. The minimum absolute atomic E-state index is 0.0249. The van der Waals surface area contributed by atoms with E-state index in [0.29, 0.717) is 44.2 Å². The number of rotatable bonds is 7. The van der Waals surface area contributed by atoms with Crippen LogP contribution in [0.1, 0.15) is 38.1 Å². The van der Waals surface area contributed by atoms with Crippen LogP contribution in [-0.2, 0) is 4.79 Å². The van der Waals surface area contributed by atoms with Crippen molar-refractivity contribution in [2.24, 2.45) is 5.92 Å². The van der Waals surface area contributed by atoms with E-state index in [1.54, 1.807) is 12.1 Å². The Bertz CT molecular complexity index is 893. The van der Waals surface area contributed by atoms with Gasteiger partial charge in [-0.25, -0.2) is 17.9 Å². The number of piperidine rings is 1. The van der Waals surface area contributed by atoms with Gasteiger partial charge in [0.2, 0.25) is 11.9 Å². The van der Waals surface area contributed by atoms with Crippen molar-refractivity contribution < 1.29 is 22.7 Å². The molecule has 1 amide bonds. The van der Waals surface area contributed by atoms with Gasteiger partial charge in [0.05, 0.1) is 6.61 Å². The predicted molar refractivity (Wildman–Crippen MR) is 108 cm³/mol. The number of fused-ring (bicyclic) bond motifs is 1. The summed E-state index contributed by atoms with van der Waals surface area (Å²) < 4.78 is 47.0. The molecule has 3 heterocycles. The van der Waals surface area contributed by atoms with E-state index in [0.717, 1.165) is 12.8 Å². The number of likely N-dealkylation sites (tertiary alicyclic amines) is 1. The average Bonchev–Trinajstić information content (AvgIpc) is 3.24. The molecule has 0 spiro atoms. The van der Waals surface area contributed by atoms with Crippen molar-refractivity contribution in [1.82, 2.24) is 19.7 Å². The molecule has 2 aliphatic heterocycles. The Morgan fingerprint density at radius 2 is 2.23 bits per heavy atom. The number of halogens is 3. The van der Waals surface area contributed by atoms with Crippen LogP contribution in [0.5, 0.6) is 5.75 Å². The standard InChI is InChI=1S/C21H26F3N5O2/c22-15-5-1-6-16(10-15)31-9-3-7-19(30)28-8-2-4-14(12-28)17-11-18(20(23)24)29-21(27-17)25-13-26-29/h1,5-6,10,13-14,17-18,20H,2-4,7-9,11-12H2,(H,25,26,27)/t14?,17-,18+/m0/s1. The maximum Gasteiger partial charge on any atom is 0.260 e. The van der Waals surface area contributed by atoms with E-state index in [4.69, 9.17) is 4.74 Å². The molecule has 168 valence electrons. The van der Waals surface area contributed by atoms with E-state index < -0.39 is 12.5 Å². The van der Waals surface area contributed by atoms with E-state index in [9.17, 15) is 18.0 Å². The molecule has 1 N–H and O–H groups in total. The van der Waals surface area contributed by atoms with Crippen molar-refractivity contribution in [3.05, 3.63) is 36.4 Å². The van der Waals surface area contributed by atoms with Crippen LogP contribution in [0.2, 0.25) is 0 Å². The molecule has 1 aromatic carbocycles. The highest BCUT2D eigenvalue weighted by molar-refractivity contribution is 5.76. The summed E-state index contributed by atoms with van der Waals surface area (Å²) in [6.07, 6.45) is 1.56. The van der Waals surface area contributed by atoms with Crippen molar-refractivity contribution in [3.8, 4) is 5.75 Å². The maximum absolute atomic E-state index is 13.5. The second-order valence-electron chi connectivity index (χ2n) is 8.07. The number of hydrogen-bond acceptors (Lipinski definition) is 5. The topological polar surface area (TPSA) is 72.3 Å². The number of nitrogens with one attached hydrogen (secondary N) is 1. The second kappa shape index (κ2) is 9.57. The zero-order chi connectivity index (χ0) is 21.8. The molecule has 1 aromatic heterocycles. The summed E-state index contributed by atoms with van der Waals surface area (Å²) in [5, 5.41) is 7.15. The molecule has 0 radical (unpaired) electrons. The SMILES string of the molecule is O=C(CCCOc1cccc(F)c1)N1CCCC([C@@H]2C[C@H](C(F)F)n3ncnc3N2)C1. The fraction of sp³-hybridized carbons (Fsp3) is 0.571. The maximum atomic E-state index is 13.5. The van der Waals surface area contributed by atoms with E-state index >= 15 is 0 Å². The van der Waals surface area contributed by atoms with E-state index in [1.165, 1.54) is 23.1 Å². The minimum Gasteiger partial charge on any atom is -0.493 e. The summed E-state index contributed by atoms with van der Waals surface area (Å²) in [7, 11) is 0. The third-order valence-electron chi connectivity index (χ3n) is 5.97. The summed E-state index contributed by atoms with van der Waals surface area (Å²) in [6, 6.07) is 4.71. The highest BCUT2D eigenvalue weighted by Gasteiger charge is 2.38. The average molecular weight is 437 g/mol. The molecule has 1 fully saturated rings.